The molecule has 0 aliphatic heterocycles. The lowest BCUT2D eigenvalue weighted by atomic mass is 9.83. The Labute approximate surface area is 121 Å². The van der Waals surface area contributed by atoms with Crippen LogP contribution < -0.4 is 5.32 Å². The fourth-order valence-corrected chi connectivity index (χ4v) is 3.16. The van der Waals surface area contributed by atoms with Gasteiger partial charge in [0.05, 0.1) is 15.3 Å². The average molecular weight is 334 g/mol. The van der Waals surface area contributed by atoms with Gasteiger partial charge in [0, 0.05) is 12.0 Å². The predicted molar refractivity (Wildman–Crippen MR) is 79.2 cm³/mol. The number of carbonyl (C=O) groups is 1. The number of nitrogens with one attached hydrogen (secondary N) is 1. The van der Waals surface area contributed by atoms with E-state index in [1.165, 1.54) is 11.3 Å². The van der Waals surface area contributed by atoms with Crippen LogP contribution in [-0.2, 0) is 0 Å². The molecule has 0 unspecified atom stereocenters. The third-order valence-corrected chi connectivity index (χ3v) is 5.68. The SMILES string of the molecule is CCC(CC)(CO)CNC(=O)c1cc(C)c(Br)s1. The summed E-state index contributed by atoms with van der Waals surface area (Å²) in [5, 5.41) is 12.4. The van der Waals surface area contributed by atoms with Gasteiger partial charge in [-0.25, -0.2) is 0 Å². The molecule has 0 aliphatic carbocycles. The maximum atomic E-state index is 12.0. The molecule has 0 atom stereocenters. The van der Waals surface area contributed by atoms with E-state index >= 15 is 0 Å². The highest BCUT2D eigenvalue weighted by Gasteiger charge is 2.26. The molecule has 2 N–H and O–H groups in total. The minimum Gasteiger partial charge on any atom is -0.396 e. The van der Waals surface area contributed by atoms with Crippen LogP contribution in [0.5, 0.6) is 0 Å². The monoisotopic (exact) mass is 333 g/mol. The lowest BCUT2D eigenvalue weighted by Crippen LogP contribution is -2.39. The van der Waals surface area contributed by atoms with E-state index in [1.807, 2.05) is 26.8 Å². The summed E-state index contributed by atoms with van der Waals surface area (Å²) >= 11 is 4.85. The summed E-state index contributed by atoms with van der Waals surface area (Å²) in [6.45, 7) is 6.67. The van der Waals surface area contributed by atoms with Gasteiger partial charge in [-0.1, -0.05) is 13.8 Å². The Bertz CT molecular complexity index is 385. The van der Waals surface area contributed by atoms with Crippen LogP contribution in [0.15, 0.2) is 9.85 Å². The van der Waals surface area contributed by atoms with Crippen molar-refractivity contribution >= 4 is 33.2 Å². The Kier molecular flexibility index (Phi) is 5.82. The molecule has 1 aromatic heterocycles. The molecular formula is C13H20BrNO2S. The van der Waals surface area contributed by atoms with Gasteiger partial charge in [0.25, 0.3) is 5.91 Å². The quantitative estimate of drug-likeness (QED) is 0.838. The zero-order chi connectivity index (χ0) is 13.8. The highest BCUT2D eigenvalue weighted by Crippen LogP contribution is 2.28. The fourth-order valence-electron chi connectivity index (χ4n) is 1.71. The Morgan fingerprint density at radius 3 is 2.50 bits per heavy atom. The molecule has 0 bridgehead atoms. The molecule has 1 amide bonds. The lowest BCUT2D eigenvalue weighted by Gasteiger charge is -2.29. The number of amides is 1. The fraction of sp³-hybridized carbons (Fsp3) is 0.615. The molecule has 0 aromatic carbocycles. The van der Waals surface area contributed by atoms with Crippen LogP contribution in [0.3, 0.4) is 0 Å². The normalized spacial score (nSPS) is 11.6. The van der Waals surface area contributed by atoms with E-state index in [9.17, 15) is 9.90 Å². The molecule has 1 heterocycles. The standard InChI is InChI=1S/C13H20BrNO2S/c1-4-13(5-2,8-16)7-15-12(17)10-6-9(3)11(14)18-10/h6,16H,4-5,7-8H2,1-3H3,(H,15,17). The molecule has 102 valence electrons. The van der Waals surface area contributed by atoms with Crippen molar-refractivity contribution in [1.29, 1.82) is 0 Å². The van der Waals surface area contributed by atoms with Crippen LogP contribution in [0.4, 0.5) is 0 Å². The Hall–Kier alpha value is -0.390. The van der Waals surface area contributed by atoms with Crippen molar-refractivity contribution in [3.8, 4) is 0 Å². The number of hydrogen-bond acceptors (Lipinski definition) is 3. The maximum absolute atomic E-state index is 12.0. The van der Waals surface area contributed by atoms with Gasteiger partial charge in [0.2, 0.25) is 0 Å². The van der Waals surface area contributed by atoms with Crippen molar-refractivity contribution in [2.75, 3.05) is 13.2 Å². The van der Waals surface area contributed by atoms with Gasteiger partial charge in [-0.2, -0.15) is 0 Å². The largest absolute Gasteiger partial charge is 0.396 e. The smallest absolute Gasteiger partial charge is 0.261 e. The average Bonchev–Trinajstić information content (AvgIpc) is 2.72. The van der Waals surface area contributed by atoms with Crippen LogP contribution in [0.1, 0.15) is 41.9 Å². The Balaban J connectivity index is 2.65. The van der Waals surface area contributed by atoms with Crippen LogP contribution in [0.2, 0.25) is 0 Å². The highest BCUT2D eigenvalue weighted by atomic mass is 79.9. The summed E-state index contributed by atoms with van der Waals surface area (Å²) in [5.41, 5.74) is 0.878. The molecule has 3 nitrogen and oxygen atoms in total. The second kappa shape index (κ2) is 6.68. The first-order valence-electron chi connectivity index (χ1n) is 6.13. The zero-order valence-electron chi connectivity index (χ0n) is 11.0. The molecule has 0 aliphatic rings. The minimum absolute atomic E-state index is 0.0616. The Morgan fingerprint density at radius 2 is 2.11 bits per heavy atom. The van der Waals surface area contributed by atoms with Crippen molar-refractivity contribution < 1.29 is 9.90 Å². The van der Waals surface area contributed by atoms with Crippen molar-refractivity contribution in [3.63, 3.8) is 0 Å². The minimum atomic E-state index is -0.195. The van der Waals surface area contributed by atoms with E-state index in [2.05, 4.69) is 21.2 Å². The Morgan fingerprint density at radius 1 is 1.50 bits per heavy atom. The van der Waals surface area contributed by atoms with Gasteiger partial charge in [0.1, 0.15) is 0 Å². The topological polar surface area (TPSA) is 49.3 Å². The van der Waals surface area contributed by atoms with E-state index in [-0.39, 0.29) is 17.9 Å². The molecule has 0 fully saturated rings. The molecular weight excluding hydrogens is 314 g/mol. The predicted octanol–water partition coefficient (Wildman–Crippen LogP) is 3.35. The molecule has 1 aromatic rings. The van der Waals surface area contributed by atoms with E-state index in [4.69, 9.17) is 0 Å². The summed E-state index contributed by atoms with van der Waals surface area (Å²) < 4.78 is 0.993. The summed E-state index contributed by atoms with van der Waals surface area (Å²) in [6.07, 6.45) is 1.71. The highest BCUT2D eigenvalue weighted by molar-refractivity contribution is 9.11. The van der Waals surface area contributed by atoms with Gasteiger partial charge in [-0.3, -0.25) is 4.79 Å². The van der Waals surface area contributed by atoms with Crippen molar-refractivity contribution in [1.82, 2.24) is 5.32 Å². The van der Waals surface area contributed by atoms with E-state index in [1.54, 1.807) is 0 Å². The number of rotatable bonds is 6. The molecule has 0 radical (unpaired) electrons. The second-order valence-corrected chi connectivity index (χ2v) is 6.99. The lowest BCUT2D eigenvalue weighted by molar-refractivity contribution is 0.0854. The van der Waals surface area contributed by atoms with Gasteiger partial charge in [-0.15, -0.1) is 11.3 Å². The number of aliphatic hydroxyl groups excluding tert-OH is 1. The van der Waals surface area contributed by atoms with E-state index in [0.29, 0.717) is 11.4 Å². The van der Waals surface area contributed by atoms with Gasteiger partial charge >= 0.3 is 0 Å². The number of aliphatic hydroxyl groups is 1. The number of carbonyl (C=O) groups excluding carboxylic acids is 1. The van der Waals surface area contributed by atoms with Crippen LogP contribution in [0.25, 0.3) is 0 Å². The summed E-state index contributed by atoms with van der Waals surface area (Å²) in [4.78, 5) is 12.7. The number of thiophene rings is 1. The zero-order valence-corrected chi connectivity index (χ0v) is 13.4. The molecule has 0 saturated heterocycles. The van der Waals surface area contributed by atoms with Gasteiger partial charge < -0.3 is 10.4 Å². The third kappa shape index (κ3) is 3.56. The number of hydrogen-bond donors (Lipinski definition) is 2. The number of aryl methyl sites for hydroxylation is 1. The van der Waals surface area contributed by atoms with E-state index < -0.39 is 0 Å². The van der Waals surface area contributed by atoms with Crippen LogP contribution in [-0.4, -0.2) is 24.2 Å². The first-order valence-corrected chi connectivity index (χ1v) is 7.74. The van der Waals surface area contributed by atoms with Crippen LogP contribution >= 0.6 is 27.3 Å². The summed E-state index contributed by atoms with van der Waals surface area (Å²) in [5.74, 6) is -0.0616. The molecule has 1 rings (SSSR count). The van der Waals surface area contributed by atoms with E-state index in [0.717, 1.165) is 22.2 Å². The first-order chi connectivity index (χ1) is 8.48. The van der Waals surface area contributed by atoms with Gasteiger partial charge in [-0.05, 0) is 47.3 Å². The van der Waals surface area contributed by atoms with Crippen molar-refractivity contribution in [3.05, 3.63) is 20.3 Å². The molecule has 5 heteroatoms. The van der Waals surface area contributed by atoms with Crippen molar-refractivity contribution in [2.24, 2.45) is 5.41 Å². The summed E-state index contributed by atoms with van der Waals surface area (Å²) in [6, 6.07) is 1.88. The molecule has 0 spiro atoms. The molecule has 0 saturated carbocycles. The summed E-state index contributed by atoms with van der Waals surface area (Å²) in [7, 11) is 0. The third-order valence-electron chi connectivity index (χ3n) is 3.54. The maximum Gasteiger partial charge on any atom is 0.261 e. The second-order valence-electron chi connectivity index (χ2n) is 4.62. The van der Waals surface area contributed by atoms with Crippen LogP contribution in [0, 0.1) is 12.3 Å². The molecule has 18 heavy (non-hydrogen) atoms. The first kappa shape index (κ1) is 15.7. The van der Waals surface area contributed by atoms with Crippen molar-refractivity contribution in [2.45, 2.75) is 33.6 Å². The number of halogens is 1. The van der Waals surface area contributed by atoms with Gasteiger partial charge in [0.15, 0.2) is 0 Å².